The zero-order chi connectivity index (χ0) is 25.8. The predicted molar refractivity (Wildman–Crippen MR) is 140 cm³/mol. The molecule has 0 aromatic heterocycles. The van der Waals surface area contributed by atoms with E-state index in [1.54, 1.807) is 5.57 Å². The van der Waals surface area contributed by atoms with Crippen molar-refractivity contribution >= 4 is 0 Å². The molecule has 10 atom stereocenters. The van der Waals surface area contributed by atoms with Gasteiger partial charge in [-0.25, -0.2) is 0 Å². The van der Waals surface area contributed by atoms with E-state index in [0.29, 0.717) is 12.3 Å². The van der Waals surface area contributed by atoms with Crippen molar-refractivity contribution in [2.24, 2.45) is 50.2 Å². The number of ether oxygens (including phenoxy) is 1. The van der Waals surface area contributed by atoms with Gasteiger partial charge in [-0.05, 0) is 78.4 Å². The topological polar surface area (TPSA) is 69.9 Å². The summed E-state index contributed by atoms with van der Waals surface area (Å²) in [5, 5.41) is 33.4. The van der Waals surface area contributed by atoms with Crippen molar-refractivity contribution in [1.82, 2.24) is 0 Å². The van der Waals surface area contributed by atoms with Crippen molar-refractivity contribution in [3.05, 3.63) is 11.6 Å². The summed E-state index contributed by atoms with van der Waals surface area (Å²) < 4.78 is 6.36. The van der Waals surface area contributed by atoms with Gasteiger partial charge in [0.15, 0.2) is 0 Å². The monoisotopic (exact) mass is 488 g/mol. The van der Waals surface area contributed by atoms with E-state index in [1.807, 2.05) is 7.11 Å². The maximum Gasteiger partial charge on any atom is 0.0794 e. The molecule has 0 spiro atoms. The molecule has 0 aliphatic heterocycles. The number of hydrogen-bond donors (Lipinski definition) is 3. The largest absolute Gasteiger partial charge is 0.396 e. The summed E-state index contributed by atoms with van der Waals surface area (Å²) in [4.78, 5) is 0. The maximum absolute atomic E-state index is 11.7. The van der Waals surface area contributed by atoms with Gasteiger partial charge < -0.3 is 20.1 Å². The molecule has 4 nitrogen and oxygen atoms in total. The lowest BCUT2D eigenvalue weighted by atomic mass is 9.32. The first-order valence-corrected chi connectivity index (χ1v) is 14.3. The zero-order valence-corrected chi connectivity index (χ0v) is 23.7. The molecule has 35 heavy (non-hydrogen) atoms. The van der Waals surface area contributed by atoms with Crippen LogP contribution in [0.25, 0.3) is 0 Å². The predicted octanol–water partition coefficient (Wildman–Crippen LogP) is 5.74. The maximum atomic E-state index is 11.7. The summed E-state index contributed by atoms with van der Waals surface area (Å²) in [5.41, 5.74) is 1.29. The molecule has 0 saturated heterocycles. The lowest BCUT2D eigenvalue weighted by molar-refractivity contribution is -0.263. The smallest absolute Gasteiger partial charge is 0.0794 e. The summed E-state index contributed by atoms with van der Waals surface area (Å²) in [5.74, 6) is 0.828. The Morgan fingerprint density at radius 1 is 0.914 bits per heavy atom. The van der Waals surface area contributed by atoms with E-state index >= 15 is 0 Å². The van der Waals surface area contributed by atoms with Gasteiger partial charge in [0, 0.05) is 36.9 Å². The second kappa shape index (κ2) is 7.80. The molecule has 5 aliphatic rings. The molecule has 0 unspecified atom stereocenters. The molecule has 5 aliphatic carbocycles. The molecule has 0 aromatic rings. The zero-order valence-electron chi connectivity index (χ0n) is 23.7. The summed E-state index contributed by atoms with van der Waals surface area (Å²) in [6, 6.07) is 0. The minimum atomic E-state index is -0.537. The van der Waals surface area contributed by atoms with Gasteiger partial charge in [0.1, 0.15) is 0 Å². The number of aliphatic hydroxyl groups is 3. The molecule has 5 rings (SSSR count). The summed E-state index contributed by atoms with van der Waals surface area (Å²) >= 11 is 0. The average molecular weight is 489 g/mol. The molecule has 4 saturated carbocycles. The number of allylic oxidation sites excluding steroid dienone is 1. The van der Waals surface area contributed by atoms with Gasteiger partial charge in [-0.15, -0.1) is 0 Å². The van der Waals surface area contributed by atoms with E-state index in [0.717, 1.165) is 38.5 Å². The first-order chi connectivity index (χ1) is 16.1. The Hall–Kier alpha value is -0.420. The number of rotatable bonds is 2. The fourth-order valence-corrected chi connectivity index (χ4v) is 10.8. The molecule has 0 bridgehead atoms. The van der Waals surface area contributed by atoms with Crippen molar-refractivity contribution in [2.45, 2.75) is 118 Å². The van der Waals surface area contributed by atoms with Crippen LogP contribution in [0.3, 0.4) is 0 Å². The Kier molecular flexibility index (Phi) is 5.84. The van der Waals surface area contributed by atoms with Gasteiger partial charge in [-0.1, -0.05) is 60.1 Å². The molecule has 200 valence electrons. The molecule has 4 fully saturated rings. The summed E-state index contributed by atoms with van der Waals surface area (Å²) in [7, 11) is 1.85. The minimum Gasteiger partial charge on any atom is -0.396 e. The van der Waals surface area contributed by atoms with Crippen molar-refractivity contribution in [3.63, 3.8) is 0 Å². The Morgan fingerprint density at radius 2 is 1.57 bits per heavy atom. The average Bonchev–Trinajstić information content (AvgIpc) is 2.78. The van der Waals surface area contributed by atoms with Gasteiger partial charge in [0.05, 0.1) is 18.3 Å². The van der Waals surface area contributed by atoms with Gasteiger partial charge in [-0.2, -0.15) is 0 Å². The van der Waals surface area contributed by atoms with E-state index < -0.39 is 12.2 Å². The van der Waals surface area contributed by atoms with Crippen LogP contribution in [0.15, 0.2) is 11.6 Å². The highest BCUT2D eigenvalue weighted by molar-refractivity contribution is 5.36. The Balaban J connectivity index is 1.68. The van der Waals surface area contributed by atoms with Gasteiger partial charge in [0.25, 0.3) is 0 Å². The molecular formula is C31H52O4. The Bertz CT molecular complexity index is 892. The van der Waals surface area contributed by atoms with E-state index in [2.05, 4.69) is 54.5 Å². The molecule has 3 N–H and O–H groups in total. The highest BCUT2D eigenvalue weighted by Crippen LogP contribution is 2.75. The second-order valence-corrected chi connectivity index (χ2v) is 15.5. The van der Waals surface area contributed by atoms with E-state index in [9.17, 15) is 15.3 Å². The second-order valence-electron chi connectivity index (χ2n) is 15.5. The minimum absolute atomic E-state index is 0.0000907. The van der Waals surface area contributed by atoms with Crippen molar-refractivity contribution in [2.75, 3.05) is 13.7 Å². The highest BCUT2D eigenvalue weighted by Gasteiger charge is 2.72. The fourth-order valence-electron chi connectivity index (χ4n) is 10.8. The first-order valence-electron chi connectivity index (χ1n) is 14.3. The van der Waals surface area contributed by atoms with Crippen LogP contribution in [-0.4, -0.2) is 47.3 Å². The molecule has 0 amide bonds. The van der Waals surface area contributed by atoms with E-state index in [4.69, 9.17) is 4.74 Å². The van der Waals surface area contributed by atoms with Crippen LogP contribution in [-0.2, 0) is 4.74 Å². The number of methoxy groups -OCH3 is 1. The highest BCUT2D eigenvalue weighted by atomic mass is 16.5. The van der Waals surface area contributed by atoms with Gasteiger partial charge in [0.2, 0.25) is 0 Å². The lowest BCUT2D eigenvalue weighted by Crippen LogP contribution is -2.70. The van der Waals surface area contributed by atoms with Crippen LogP contribution in [0.4, 0.5) is 0 Å². The number of hydrogen-bond acceptors (Lipinski definition) is 4. The Labute approximate surface area is 213 Å². The van der Waals surface area contributed by atoms with Gasteiger partial charge >= 0.3 is 0 Å². The van der Waals surface area contributed by atoms with Gasteiger partial charge in [-0.3, -0.25) is 0 Å². The molecule has 0 heterocycles. The van der Waals surface area contributed by atoms with E-state index in [-0.39, 0.29) is 57.0 Å². The van der Waals surface area contributed by atoms with Crippen molar-refractivity contribution < 1.29 is 20.1 Å². The molecule has 0 radical (unpaired) electrons. The number of aliphatic hydroxyl groups excluding tert-OH is 3. The third kappa shape index (κ3) is 3.18. The van der Waals surface area contributed by atoms with Crippen molar-refractivity contribution in [3.8, 4) is 0 Å². The lowest BCUT2D eigenvalue weighted by Gasteiger charge is -2.73. The summed E-state index contributed by atoms with van der Waals surface area (Å²) in [6.07, 6.45) is 9.59. The third-order valence-corrected chi connectivity index (χ3v) is 13.4. The molecule has 0 aromatic carbocycles. The quantitative estimate of drug-likeness (QED) is 0.434. The third-order valence-electron chi connectivity index (χ3n) is 13.4. The van der Waals surface area contributed by atoms with E-state index in [1.165, 1.54) is 6.42 Å². The van der Waals surface area contributed by atoms with Crippen LogP contribution >= 0.6 is 0 Å². The Morgan fingerprint density at radius 3 is 2.20 bits per heavy atom. The van der Waals surface area contributed by atoms with Crippen LogP contribution in [0.5, 0.6) is 0 Å². The van der Waals surface area contributed by atoms with Crippen LogP contribution in [0.1, 0.15) is 99.8 Å². The summed E-state index contributed by atoms with van der Waals surface area (Å²) in [6.45, 7) is 16.8. The van der Waals surface area contributed by atoms with Crippen molar-refractivity contribution in [1.29, 1.82) is 0 Å². The normalized spacial score (nSPS) is 54.5. The first kappa shape index (κ1) is 26.2. The van der Waals surface area contributed by atoms with Crippen LogP contribution < -0.4 is 0 Å². The standard InChI is InChI=1S/C31H52O4/c1-26(2)11-13-31(18-32)14-12-28(5)19(20(31)17-26)15-21(35-8)25-29(28,6)10-9-22-27(3,4)23(33)16-24(34)30(22,25)7/h15,20-25,32-34H,9-14,16-18H2,1-8H3/t20-,21+,22-,23-,24+,25-,28+,29+,30+,31+/m0/s1. The van der Waals surface area contributed by atoms with Crippen LogP contribution in [0.2, 0.25) is 0 Å². The SMILES string of the molecule is CO[C@@H]1C=C2[C@@H]3CC(C)(C)CC[C@]3(CO)CC[C@@]2(C)[C@]2(C)CC[C@H]3C(C)(C)[C@@H](O)C[C@@H](O)[C@]3(C)[C@@H]12. The number of fused-ring (bicyclic) bond motifs is 7. The fraction of sp³-hybridized carbons (Fsp3) is 0.935. The van der Waals surface area contributed by atoms with Crippen LogP contribution in [0, 0.1) is 50.2 Å². The molecule has 4 heteroatoms. The molecular weight excluding hydrogens is 436 g/mol.